The van der Waals surface area contributed by atoms with Gasteiger partial charge in [0.15, 0.2) is 0 Å². The SMILES string of the molecule is CCC1CC=CC(=O)N1. The molecular weight excluding hydrogens is 114 g/mol. The Morgan fingerprint density at radius 3 is 3.11 bits per heavy atom. The Kier molecular flexibility index (Phi) is 1.88. The lowest BCUT2D eigenvalue weighted by Gasteiger charge is -2.16. The fraction of sp³-hybridized carbons (Fsp3) is 0.571. The van der Waals surface area contributed by atoms with E-state index < -0.39 is 0 Å². The van der Waals surface area contributed by atoms with Crippen molar-refractivity contribution in [2.45, 2.75) is 25.8 Å². The molecule has 0 radical (unpaired) electrons. The largest absolute Gasteiger partial charge is 0.350 e. The smallest absolute Gasteiger partial charge is 0.243 e. The molecule has 1 rings (SSSR count). The predicted octanol–water partition coefficient (Wildman–Crippen LogP) is 0.841. The topological polar surface area (TPSA) is 29.1 Å². The molecule has 9 heavy (non-hydrogen) atoms. The van der Waals surface area contributed by atoms with Gasteiger partial charge >= 0.3 is 0 Å². The van der Waals surface area contributed by atoms with E-state index in [2.05, 4.69) is 12.2 Å². The highest BCUT2D eigenvalue weighted by molar-refractivity contribution is 5.88. The number of hydrogen-bond acceptors (Lipinski definition) is 1. The second kappa shape index (κ2) is 2.67. The molecule has 1 aliphatic rings. The van der Waals surface area contributed by atoms with E-state index in [1.807, 2.05) is 6.08 Å². The van der Waals surface area contributed by atoms with E-state index in [1.165, 1.54) is 0 Å². The Balaban J connectivity index is 2.47. The molecule has 0 fully saturated rings. The average molecular weight is 125 g/mol. The molecular formula is C7H11NO. The van der Waals surface area contributed by atoms with Gasteiger partial charge < -0.3 is 5.32 Å². The molecule has 2 heteroatoms. The van der Waals surface area contributed by atoms with Gasteiger partial charge in [-0.05, 0) is 18.9 Å². The summed E-state index contributed by atoms with van der Waals surface area (Å²) in [5.41, 5.74) is 0. The van der Waals surface area contributed by atoms with Crippen molar-refractivity contribution in [1.29, 1.82) is 0 Å². The first-order valence-electron chi connectivity index (χ1n) is 3.30. The number of hydrogen-bond donors (Lipinski definition) is 1. The zero-order chi connectivity index (χ0) is 6.69. The normalized spacial score (nSPS) is 25.9. The molecule has 2 nitrogen and oxygen atoms in total. The molecule has 0 bridgehead atoms. The van der Waals surface area contributed by atoms with E-state index in [0.717, 1.165) is 12.8 Å². The van der Waals surface area contributed by atoms with Gasteiger partial charge in [-0.25, -0.2) is 0 Å². The van der Waals surface area contributed by atoms with Gasteiger partial charge in [0.1, 0.15) is 0 Å². The van der Waals surface area contributed by atoms with Gasteiger partial charge in [-0.2, -0.15) is 0 Å². The van der Waals surface area contributed by atoms with Crippen LogP contribution in [0.5, 0.6) is 0 Å². The monoisotopic (exact) mass is 125 g/mol. The number of carbonyl (C=O) groups excluding carboxylic acids is 1. The number of nitrogens with one attached hydrogen (secondary N) is 1. The van der Waals surface area contributed by atoms with Crippen molar-refractivity contribution >= 4 is 5.91 Å². The van der Waals surface area contributed by atoms with Crippen LogP contribution in [-0.2, 0) is 4.79 Å². The third-order valence-electron chi connectivity index (χ3n) is 1.53. The summed E-state index contributed by atoms with van der Waals surface area (Å²) in [7, 11) is 0. The van der Waals surface area contributed by atoms with E-state index in [0.29, 0.717) is 6.04 Å². The summed E-state index contributed by atoms with van der Waals surface area (Å²) in [6, 6.07) is 0.377. The fourth-order valence-electron chi connectivity index (χ4n) is 0.916. The first kappa shape index (κ1) is 6.33. The second-order valence-electron chi connectivity index (χ2n) is 2.25. The minimum atomic E-state index is 0.0492. The summed E-state index contributed by atoms with van der Waals surface area (Å²) < 4.78 is 0. The Morgan fingerprint density at radius 2 is 2.67 bits per heavy atom. The standard InChI is InChI=1S/C7H11NO/c1-2-6-4-3-5-7(9)8-6/h3,5-6H,2,4H2,1H3,(H,8,9). The lowest BCUT2D eigenvalue weighted by atomic mass is 10.1. The Hall–Kier alpha value is -0.790. The summed E-state index contributed by atoms with van der Waals surface area (Å²) in [6.45, 7) is 2.07. The van der Waals surface area contributed by atoms with E-state index in [1.54, 1.807) is 6.08 Å². The number of amides is 1. The quantitative estimate of drug-likeness (QED) is 0.553. The van der Waals surface area contributed by atoms with Gasteiger partial charge in [0.05, 0.1) is 0 Å². The molecule has 1 unspecified atom stereocenters. The minimum absolute atomic E-state index is 0.0492. The lowest BCUT2D eigenvalue weighted by Crippen LogP contribution is -2.35. The maximum atomic E-state index is 10.6. The summed E-state index contributed by atoms with van der Waals surface area (Å²) in [4.78, 5) is 10.6. The van der Waals surface area contributed by atoms with Crippen molar-refractivity contribution in [3.63, 3.8) is 0 Å². The van der Waals surface area contributed by atoms with Crippen LogP contribution in [0.4, 0.5) is 0 Å². The highest BCUT2D eigenvalue weighted by Gasteiger charge is 2.09. The summed E-state index contributed by atoms with van der Waals surface area (Å²) in [5.74, 6) is 0.0492. The van der Waals surface area contributed by atoms with Crippen LogP contribution in [-0.4, -0.2) is 11.9 Å². The molecule has 0 aromatic heterocycles. The van der Waals surface area contributed by atoms with Crippen LogP contribution in [0.1, 0.15) is 19.8 Å². The Bertz CT molecular complexity index is 140. The van der Waals surface area contributed by atoms with Crippen LogP contribution in [0.3, 0.4) is 0 Å². The van der Waals surface area contributed by atoms with Gasteiger partial charge in [0.2, 0.25) is 5.91 Å². The van der Waals surface area contributed by atoms with Gasteiger partial charge in [-0.1, -0.05) is 13.0 Å². The molecule has 0 aromatic rings. The molecule has 0 spiro atoms. The maximum Gasteiger partial charge on any atom is 0.243 e. The van der Waals surface area contributed by atoms with Gasteiger partial charge in [0, 0.05) is 6.04 Å². The number of carbonyl (C=O) groups is 1. The molecule has 1 heterocycles. The molecule has 0 saturated carbocycles. The van der Waals surface area contributed by atoms with E-state index >= 15 is 0 Å². The van der Waals surface area contributed by atoms with Crippen LogP contribution in [0.25, 0.3) is 0 Å². The molecule has 1 atom stereocenters. The van der Waals surface area contributed by atoms with Crippen molar-refractivity contribution in [3.05, 3.63) is 12.2 Å². The summed E-state index contributed by atoms with van der Waals surface area (Å²) >= 11 is 0. The van der Waals surface area contributed by atoms with Crippen molar-refractivity contribution in [2.75, 3.05) is 0 Å². The minimum Gasteiger partial charge on any atom is -0.350 e. The van der Waals surface area contributed by atoms with Crippen LogP contribution in [0.2, 0.25) is 0 Å². The molecule has 1 aliphatic heterocycles. The van der Waals surface area contributed by atoms with E-state index in [-0.39, 0.29) is 5.91 Å². The number of rotatable bonds is 1. The third kappa shape index (κ3) is 1.56. The maximum absolute atomic E-state index is 10.6. The first-order valence-corrected chi connectivity index (χ1v) is 3.30. The molecule has 0 saturated heterocycles. The van der Waals surface area contributed by atoms with Crippen molar-refractivity contribution in [1.82, 2.24) is 5.32 Å². The zero-order valence-electron chi connectivity index (χ0n) is 5.55. The fourth-order valence-corrected chi connectivity index (χ4v) is 0.916. The summed E-state index contributed by atoms with van der Waals surface area (Å²) in [5, 5.41) is 2.84. The summed E-state index contributed by atoms with van der Waals surface area (Å²) in [6.07, 6.45) is 5.53. The predicted molar refractivity (Wildman–Crippen MR) is 36.0 cm³/mol. The molecule has 1 amide bonds. The molecule has 1 N–H and O–H groups in total. The molecule has 0 aromatic carbocycles. The highest BCUT2D eigenvalue weighted by atomic mass is 16.1. The Morgan fingerprint density at radius 1 is 1.89 bits per heavy atom. The van der Waals surface area contributed by atoms with Crippen molar-refractivity contribution in [2.24, 2.45) is 0 Å². The van der Waals surface area contributed by atoms with Crippen LogP contribution in [0, 0.1) is 0 Å². The van der Waals surface area contributed by atoms with Gasteiger partial charge in [-0.15, -0.1) is 0 Å². The second-order valence-corrected chi connectivity index (χ2v) is 2.25. The van der Waals surface area contributed by atoms with Crippen LogP contribution < -0.4 is 5.32 Å². The lowest BCUT2D eigenvalue weighted by molar-refractivity contribution is -0.117. The van der Waals surface area contributed by atoms with Crippen molar-refractivity contribution in [3.8, 4) is 0 Å². The third-order valence-corrected chi connectivity index (χ3v) is 1.53. The van der Waals surface area contributed by atoms with Gasteiger partial charge in [0.25, 0.3) is 0 Å². The zero-order valence-corrected chi connectivity index (χ0v) is 5.55. The Labute approximate surface area is 54.9 Å². The van der Waals surface area contributed by atoms with Crippen molar-refractivity contribution < 1.29 is 4.79 Å². The van der Waals surface area contributed by atoms with E-state index in [4.69, 9.17) is 0 Å². The van der Waals surface area contributed by atoms with Crippen LogP contribution in [0.15, 0.2) is 12.2 Å². The molecule has 50 valence electrons. The van der Waals surface area contributed by atoms with Gasteiger partial charge in [-0.3, -0.25) is 4.79 Å². The first-order chi connectivity index (χ1) is 4.33. The van der Waals surface area contributed by atoms with Crippen LogP contribution >= 0.6 is 0 Å². The average Bonchev–Trinajstić information content (AvgIpc) is 1.88. The highest BCUT2D eigenvalue weighted by Crippen LogP contribution is 2.02. The van der Waals surface area contributed by atoms with E-state index in [9.17, 15) is 4.79 Å². The molecule has 0 aliphatic carbocycles.